The van der Waals surface area contributed by atoms with Gasteiger partial charge in [-0.1, -0.05) is 39.0 Å². The number of aliphatic hydroxyl groups is 1. The molecule has 0 aliphatic carbocycles. The van der Waals surface area contributed by atoms with Crippen molar-refractivity contribution in [1.29, 1.82) is 0 Å². The summed E-state index contributed by atoms with van der Waals surface area (Å²) in [6.45, 7) is 2.15. The first-order chi connectivity index (χ1) is 8.10. The van der Waals surface area contributed by atoms with Gasteiger partial charge in [0, 0.05) is 6.42 Å². The Kier molecular flexibility index (Phi) is 9.72. The molecule has 0 aliphatic rings. The minimum absolute atomic E-state index is 0.0584. The largest absolute Gasteiger partial charge is 0.469 e. The molecular weight excluding hydrogens is 220 g/mol. The second-order valence-corrected chi connectivity index (χ2v) is 4.35. The Bertz CT molecular complexity index is 225. The van der Waals surface area contributed by atoms with Gasteiger partial charge < -0.3 is 9.84 Å². The quantitative estimate of drug-likeness (QED) is 0.363. The fourth-order valence-electron chi connectivity index (χ4n) is 1.65. The van der Waals surface area contributed by atoms with Crippen LogP contribution >= 0.6 is 0 Å². The Labute approximate surface area is 103 Å². The number of unbranched alkanes of at least 4 members (excludes halogenated alkanes) is 4. The highest BCUT2D eigenvalue weighted by Crippen LogP contribution is 2.10. The Morgan fingerprint density at radius 3 is 2.41 bits per heavy atom. The van der Waals surface area contributed by atoms with Crippen molar-refractivity contribution in [2.75, 3.05) is 7.11 Å². The number of methoxy groups -OCH3 is 1. The summed E-state index contributed by atoms with van der Waals surface area (Å²) in [5, 5.41) is 9.59. The van der Waals surface area contributed by atoms with Crippen LogP contribution in [0.1, 0.15) is 58.3 Å². The number of carbonyl (C=O) groups is 2. The van der Waals surface area contributed by atoms with E-state index >= 15 is 0 Å². The fourth-order valence-corrected chi connectivity index (χ4v) is 1.65. The number of rotatable bonds is 10. The maximum Gasteiger partial charge on any atom is 0.313 e. The standard InChI is InChI=1S/C13H24O4/c1-3-4-5-6-7-8-11(14)9-12(15)10-13(16)17-2/h11,14H,3-10H2,1-2H3/t11-/m0/s1. The maximum atomic E-state index is 11.3. The average Bonchev–Trinajstić information content (AvgIpc) is 2.28. The van der Waals surface area contributed by atoms with Crippen molar-refractivity contribution in [3.8, 4) is 0 Å². The van der Waals surface area contributed by atoms with Crippen LogP contribution in [0.3, 0.4) is 0 Å². The molecule has 0 aromatic carbocycles. The topological polar surface area (TPSA) is 63.6 Å². The van der Waals surface area contributed by atoms with Crippen LogP contribution in [0.4, 0.5) is 0 Å². The maximum absolute atomic E-state index is 11.3. The molecule has 0 radical (unpaired) electrons. The van der Waals surface area contributed by atoms with E-state index in [9.17, 15) is 14.7 Å². The first kappa shape index (κ1) is 16.1. The lowest BCUT2D eigenvalue weighted by Gasteiger charge is -2.09. The summed E-state index contributed by atoms with van der Waals surface area (Å²) >= 11 is 0. The zero-order valence-electron chi connectivity index (χ0n) is 10.9. The van der Waals surface area contributed by atoms with E-state index in [1.165, 1.54) is 26.4 Å². The minimum atomic E-state index is -0.617. The molecule has 0 amide bonds. The van der Waals surface area contributed by atoms with E-state index in [1.54, 1.807) is 0 Å². The Hall–Kier alpha value is -0.900. The molecule has 0 aromatic rings. The number of carbonyl (C=O) groups excluding carboxylic acids is 2. The summed E-state index contributed by atoms with van der Waals surface area (Å²) < 4.78 is 4.39. The molecular formula is C13H24O4. The van der Waals surface area contributed by atoms with Crippen LogP contribution in [-0.4, -0.2) is 30.1 Å². The first-order valence-electron chi connectivity index (χ1n) is 6.36. The highest BCUT2D eigenvalue weighted by Gasteiger charge is 2.14. The van der Waals surface area contributed by atoms with Crippen molar-refractivity contribution in [3.05, 3.63) is 0 Å². The summed E-state index contributed by atoms with van der Waals surface area (Å²) in [7, 11) is 1.25. The number of Topliss-reactive ketones (excluding diaryl/α,β-unsaturated/α-hetero) is 1. The van der Waals surface area contributed by atoms with E-state index in [1.807, 2.05) is 0 Å². The van der Waals surface area contributed by atoms with Crippen LogP contribution in [0, 0.1) is 0 Å². The third kappa shape index (κ3) is 10.00. The van der Waals surface area contributed by atoms with Gasteiger partial charge in [-0.3, -0.25) is 9.59 Å². The molecule has 0 saturated carbocycles. The van der Waals surface area contributed by atoms with E-state index in [0.29, 0.717) is 6.42 Å². The molecule has 0 spiro atoms. The van der Waals surface area contributed by atoms with Gasteiger partial charge in [0.15, 0.2) is 0 Å². The Morgan fingerprint density at radius 1 is 1.18 bits per heavy atom. The predicted molar refractivity (Wildman–Crippen MR) is 65.6 cm³/mol. The van der Waals surface area contributed by atoms with Gasteiger partial charge >= 0.3 is 5.97 Å². The fraction of sp³-hybridized carbons (Fsp3) is 0.846. The Morgan fingerprint density at radius 2 is 1.82 bits per heavy atom. The molecule has 0 bridgehead atoms. The molecule has 1 N–H and O–H groups in total. The normalized spacial score (nSPS) is 12.2. The van der Waals surface area contributed by atoms with Gasteiger partial charge in [-0.25, -0.2) is 0 Å². The molecule has 0 rings (SSSR count). The highest BCUT2D eigenvalue weighted by molar-refractivity contribution is 5.95. The zero-order valence-corrected chi connectivity index (χ0v) is 10.9. The molecule has 4 heteroatoms. The smallest absolute Gasteiger partial charge is 0.313 e. The molecule has 0 heterocycles. The summed E-state index contributed by atoms with van der Waals surface area (Å²) in [5.74, 6) is -0.789. The summed E-state index contributed by atoms with van der Waals surface area (Å²) in [4.78, 5) is 22.1. The second-order valence-electron chi connectivity index (χ2n) is 4.35. The lowest BCUT2D eigenvalue weighted by Crippen LogP contribution is -2.16. The summed E-state index contributed by atoms with van der Waals surface area (Å²) in [6.07, 6.45) is 5.47. The summed E-state index contributed by atoms with van der Waals surface area (Å²) in [5.41, 5.74) is 0. The highest BCUT2D eigenvalue weighted by atomic mass is 16.5. The lowest BCUT2D eigenvalue weighted by atomic mass is 10.0. The monoisotopic (exact) mass is 244 g/mol. The first-order valence-corrected chi connectivity index (χ1v) is 6.36. The number of ether oxygens (including phenoxy) is 1. The van der Waals surface area contributed by atoms with Gasteiger partial charge in [0.2, 0.25) is 0 Å². The number of ketones is 1. The number of hydrogen-bond donors (Lipinski definition) is 1. The molecule has 0 saturated heterocycles. The van der Waals surface area contributed by atoms with Crippen LogP contribution in [0.25, 0.3) is 0 Å². The predicted octanol–water partition coefficient (Wildman–Crippen LogP) is 2.23. The molecule has 17 heavy (non-hydrogen) atoms. The molecule has 0 aliphatic heterocycles. The van der Waals surface area contributed by atoms with Crippen LogP contribution in [0.5, 0.6) is 0 Å². The van der Waals surface area contributed by atoms with E-state index in [-0.39, 0.29) is 18.6 Å². The second kappa shape index (κ2) is 10.3. The molecule has 0 fully saturated rings. The van der Waals surface area contributed by atoms with E-state index < -0.39 is 12.1 Å². The van der Waals surface area contributed by atoms with Crippen LogP contribution in [0.15, 0.2) is 0 Å². The minimum Gasteiger partial charge on any atom is -0.469 e. The zero-order chi connectivity index (χ0) is 13.1. The summed E-state index contributed by atoms with van der Waals surface area (Å²) in [6, 6.07) is 0. The number of aliphatic hydroxyl groups excluding tert-OH is 1. The molecule has 0 aromatic heterocycles. The molecule has 0 unspecified atom stereocenters. The van der Waals surface area contributed by atoms with Crippen LogP contribution in [-0.2, 0) is 14.3 Å². The van der Waals surface area contributed by atoms with E-state index in [2.05, 4.69) is 11.7 Å². The molecule has 1 atom stereocenters. The van der Waals surface area contributed by atoms with Gasteiger partial charge in [0.05, 0.1) is 13.2 Å². The van der Waals surface area contributed by atoms with Crippen molar-refractivity contribution in [2.24, 2.45) is 0 Å². The SMILES string of the molecule is CCCCCCC[C@H](O)CC(=O)CC(=O)OC. The van der Waals surface area contributed by atoms with Crippen molar-refractivity contribution in [2.45, 2.75) is 64.4 Å². The van der Waals surface area contributed by atoms with Crippen molar-refractivity contribution < 1.29 is 19.4 Å². The van der Waals surface area contributed by atoms with Crippen molar-refractivity contribution in [1.82, 2.24) is 0 Å². The third-order valence-corrected chi connectivity index (χ3v) is 2.67. The van der Waals surface area contributed by atoms with E-state index in [4.69, 9.17) is 0 Å². The van der Waals surface area contributed by atoms with Crippen molar-refractivity contribution >= 4 is 11.8 Å². The van der Waals surface area contributed by atoms with Gasteiger partial charge in [-0.15, -0.1) is 0 Å². The van der Waals surface area contributed by atoms with Gasteiger partial charge in [-0.2, -0.15) is 0 Å². The van der Waals surface area contributed by atoms with Crippen LogP contribution in [0.2, 0.25) is 0 Å². The molecule has 100 valence electrons. The van der Waals surface area contributed by atoms with Gasteiger partial charge in [0.25, 0.3) is 0 Å². The third-order valence-electron chi connectivity index (χ3n) is 2.67. The van der Waals surface area contributed by atoms with E-state index in [0.717, 1.165) is 12.8 Å². The lowest BCUT2D eigenvalue weighted by molar-refractivity contribution is -0.143. The number of esters is 1. The van der Waals surface area contributed by atoms with Crippen LogP contribution < -0.4 is 0 Å². The van der Waals surface area contributed by atoms with Gasteiger partial charge in [-0.05, 0) is 6.42 Å². The number of hydrogen-bond acceptors (Lipinski definition) is 4. The van der Waals surface area contributed by atoms with Crippen molar-refractivity contribution in [3.63, 3.8) is 0 Å². The molecule has 4 nitrogen and oxygen atoms in total. The van der Waals surface area contributed by atoms with Gasteiger partial charge in [0.1, 0.15) is 12.2 Å². The Balaban J connectivity index is 3.53. The average molecular weight is 244 g/mol.